The molecule has 0 amide bonds. The molecule has 14 heavy (non-hydrogen) atoms. The van der Waals surface area contributed by atoms with Gasteiger partial charge >= 0.3 is 22.4 Å². The third-order valence-electron chi connectivity index (χ3n) is 2.28. The van der Waals surface area contributed by atoms with Crippen LogP contribution in [0.15, 0.2) is 0 Å². The molecule has 0 atom stereocenters. The molecule has 0 spiro atoms. The van der Waals surface area contributed by atoms with Crippen LogP contribution in [0.1, 0.15) is 72.1 Å². The van der Waals surface area contributed by atoms with E-state index in [4.69, 9.17) is 0 Å². The summed E-state index contributed by atoms with van der Waals surface area (Å²) in [6.45, 7) is 6.74. The molecule has 0 radical (unpaired) electrons. The van der Waals surface area contributed by atoms with Crippen LogP contribution in [0, 0.1) is 5.92 Å². The largest absolute Gasteiger partial charge is 3.00 e. The Balaban J connectivity index is -0.000000605. The number of hydrogen-bond acceptors (Lipinski definition) is 0. The average molecular weight is 398 g/mol. The predicted molar refractivity (Wildman–Crippen MR) is 64.6 cm³/mol. The first-order chi connectivity index (χ1) is 5.77. The van der Waals surface area contributed by atoms with Gasteiger partial charge in [-0.25, -0.2) is 0 Å². The van der Waals surface area contributed by atoms with E-state index in [-0.39, 0.29) is 35.9 Å². The fourth-order valence-electron chi connectivity index (χ4n) is 1.44. The van der Waals surface area contributed by atoms with Crippen molar-refractivity contribution in [2.24, 2.45) is 0 Å². The molecule has 0 aromatic heterocycles. The van der Waals surface area contributed by atoms with Crippen LogP contribution in [0.3, 0.4) is 0 Å². The van der Waals surface area contributed by atoms with E-state index >= 15 is 0 Å². The molecule has 0 heterocycles. The van der Waals surface area contributed by atoms with Crippen LogP contribution in [-0.4, -0.2) is 0 Å². The van der Waals surface area contributed by atoms with E-state index in [1.165, 1.54) is 51.4 Å². The van der Waals surface area contributed by atoms with E-state index in [0.29, 0.717) is 0 Å². The van der Waals surface area contributed by atoms with Gasteiger partial charge in [0.05, 0.1) is 0 Å². The Morgan fingerprint density at radius 2 is 1.21 bits per heavy atom. The van der Waals surface area contributed by atoms with Crippen LogP contribution in [0.25, 0.3) is 0 Å². The third-order valence-corrected chi connectivity index (χ3v) is 2.28. The smallest absolute Gasteiger partial charge is 2.00 e. The quantitative estimate of drug-likeness (QED) is 0.315. The molecule has 0 aromatic carbocycles. The Morgan fingerprint density at radius 3 is 1.64 bits per heavy atom. The van der Waals surface area contributed by atoms with Gasteiger partial charge < -0.3 is 19.4 Å². The second kappa shape index (κ2) is 16.5. The molecule has 90 valence electrons. The number of hydrogen-bond donors (Lipinski definition) is 0. The number of rotatable bonds is 8. The van der Waals surface area contributed by atoms with Gasteiger partial charge in [-0.3, -0.25) is 0 Å². The van der Waals surface area contributed by atoms with Crippen LogP contribution in [-0.2, 0) is 35.9 Å². The summed E-state index contributed by atoms with van der Waals surface area (Å²) in [4.78, 5) is 0. The SMILES string of the molecule is CCCCCCCCC[C-](C)C.[Au+3].[S-2]. The van der Waals surface area contributed by atoms with E-state index in [9.17, 15) is 0 Å². The third kappa shape index (κ3) is 18.8. The first-order valence-electron chi connectivity index (χ1n) is 5.56. The van der Waals surface area contributed by atoms with Crippen LogP contribution < -0.4 is 0 Å². The molecule has 0 saturated carbocycles. The zero-order chi connectivity index (χ0) is 9.23. The Bertz CT molecular complexity index is 84.4. The maximum absolute atomic E-state index is 2.27. The van der Waals surface area contributed by atoms with Crippen molar-refractivity contribution in [2.45, 2.75) is 72.1 Å². The monoisotopic (exact) mass is 398 g/mol. The van der Waals surface area contributed by atoms with Crippen molar-refractivity contribution in [1.82, 2.24) is 0 Å². The molecule has 0 aliphatic rings. The summed E-state index contributed by atoms with van der Waals surface area (Å²) in [5.74, 6) is 1.59. The maximum atomic E-state index is 2.27. The van der Waals surface area contributed by atoms with Crippen molar-refractivity contribution in [3.8, 4) is 0 Å². The molecule has 0 nitrogen and oxygen atoms in total. The normalized spacial score (nSPS) is 9.43. The minimum atomic E-state index is 0. The van der Waals surface area contributed by atoms with Gasteiger partial charge in [-0.2, -0.15) is 20.3 Å². The Labute approximate surface area is 114 Å². The molecule has 0 rings (SSSR count). The first kappa shape index (κ1) is 20.5. The topological polar surface area (TPSA) is 0 Å². The minimum absolute atomic E-state index is 0. The van der Waals surface area contributed by atoms with E-state index in [2.05, 4.69) is 20.8 Å². The van der Waals surface area contributed by atoms with Gasteiger partial charge in [0.1, 0.15) is 0 Å². The molecule has 2 heteroatoms. The summed E-state index contributed by atoms with van der Waals surface area (Å²) in [6.07, 6.45) is 11.3. The molecule has 0 aromatic rings. The molecule has 0 N–H and O–H groups in total. The molecule has 0 aliphatic heterocycles. The van der Waals surface area contributed by atoms with Crippen LogP contribution in [0.5, 0.6) is 0 Å². The molecular formula is C12H25AuS. The fourth-order valence-corrected chi connectivity index (χ4v) is 1.44. The molecule has 0 saturated heterocycles. The van der Waals surface area contributed by atoms with Crippen molar-refractivity contribution >= 4 is 13.5 Å². The van der Waals surface area contributed by atoms with Crippen molar-refractivity contribution < 1.29 is 22.4 Å². The van der Waals surface area contributed by atoms with Crippen molar-refractivity contribution in [1.29, 1.82) is 0 Å². The predicted octanol–water partition coefficient (Wildman–Crippen LogP) is 4.74. The van der Waals surface area contributed by atoms with Crippen LogP contribution >= 0.6 is 0 Å². The van der Waals surface area contributed by atoms with Gasteiger partial charge in [-0.1, -0.05) is 51.9 Å². The summed E-state index contributed by atoms with van der Waals surface area (Å²) >= 11 is 0. The van der Waals surface area contributed by atoms with Gasteiger partial charge in [0.15, 0.2) is 0 Å². The van der Waals surface area contributed by atoms with Gasteiger partial charge in [0.25, 0.3) is 0 Å². The van der Waals surface area contributed by atoms with Crippen molar-refractivity contribution in [3.05, 3.63) is 5.92 Å². The zero-order valence-corrected chi connectivity index (χ0v) is 12.8. The Hall–Kier alpha value is 1.09. The summed E-state index contributed by atoms with van der Waals surface area (Å²) in [6, 6.07) is 0. The second-order valence-electron chi connectivity index (χ2n) is 4.08. The van der Waals surface area contributed by atoms with E-state index < -0.39 is 0 Å². The molecule has 0 fully saturated rings. The molecule has 0 aliphatic carbocycles. The summed E-state index contributed by atoms with van der Waals surface area (Å²) < 4.78 is 0. The standard InChI is InChI=1S/C12H25.Au.S/c1-4-5-6-7-8-9-10-11-12(2)3;;/h4-11H2,1-3H3;;/q-1;+3;-2. The maximum Gasteiger partial charge on any atom is 3.00 e. The summed E-state index contributed by atoms with van der Waals surface area (Å²) in [5, 5.41) is 0. The zero-order valence-electron chi connectivity index (χ0n) is 9.87. The second-order valence-corrected chi connectivity index (χ2v) is 4.08. The van der Waals surface area contributed by atoms with Crippen LogP contribution in [0.2, 0.25) is 0 Å². The van der Waals surface area contributed by atoms with Crippen LogP contribution in [0.4, 0.5) is 0 Å². The fraction of sp³-hybridized carbons (Fsp3) is 0.917. The molecular weight excluding hydrogens is 373 g/mol. The van der Waals surface area contributed by atoms with E-state index in [1.54, 1.807) is 5.92 Å². The Kier molecular flexibility index (Phi) is 24.2. The summed E-state index contributed by atoms with van der Waals surface area (Å²) in [7, 11) is 0. The van der Waals surface area contributed by atoms with Gasteiger partial charge in [-0.15, -0.1) is 0 Å². The minimum Gasteiger partial charge on any atom is -2.00 e. The average Bonchev–Trinajstić information content (AvgIpc) is 2.02. The van der Waals surface area contributed by atoms with E-state index in [0.717, 1.165) is 0 Å². The first-order valence-corrected chi connectivity index (χ1v) is 5.56. The van der Waals surface area contributed by atoms with Gasteiger partial charge in [0.2, 0.25) is 0 Å². The van der Waals surface area contributed by atoms with Gasteiger partial charge in [0, 0.05) is 0 Å². The molecule has 0 bridgehead atoms. The summed E-state index contributed by atoms with van der Waals surface area (Å²) in [5.41, 5.74) is 0. The Morgan fingerprint density at radius 1 is 0.786 bits per heavy atom. The van der Waals surface area contributed by atoms with Crippen molar-refractivity contribution in [3.63, 3.8) is 0 Å². The van der Waals surface area contributed by atoms with Gasteiger partial charge in [-0.05, 0) is 0 Å². The molecule has 0 unspecified atom stereocenters. The van der Waals surface area contributed by atoms with E-state index in [1.807, 2.05) is 0 Å². The number of unbranched alkanes of at least 4 members (excludes halogenated alkanes) is 6. The van der Waals surface area contributed by atoms with Crippen molar-refractivity contribution in [2.75, 3.05) is 0 Å².